The predicted molar refractivity (Wildman–Crippen MR) is 92.1 cm³/mol. The van der Waals surface area contributed by atoms with Gasteiger partial charge in [0.1, 0.15) is 0 Å². The zero-order valence-corrected chi connectivity index (χ0v) is 13.9. The molecule has 3 heterocycles. The lowest BCUT2D eigenvalue weighted by Crippen LogP contribution is -2.28. The van der Waals surface area contributed by atoms with Gasteiger partial charge in [0.2, 0.25) is 5.78 Å². The van der Waals surface area contributed by atoms with Crippen molar-refractivity contribution in [3.63, 3.8) is 0 Å². The molecular weight excluding hydrogens is 306 g/mol. The lowest BCUT2D eigenvalue weighted by Gasteiger charge is -2.08. The molecule has 0 aliphatic carbocycles. The van der Waals surface area contributed by atoms with Crippen LogP contribution in [-0.4, -0.2) is 23.5 Å². The summed E-state index contributed by atoms with van der Waals surface area (Å²) >= 11 is 0. The van der Waals surface area contributed by atoms with Crippen molar-refractivity contribution in [2.45, 2.75) is 20.8 Å². The summed E-state index contributed by atoms with van der Waals surface area (Å²) in [7, 11) is 1.60. The number of benzene rings is 1. The summed E-state index contributed by atoms with van der Waals surface area (Å²) in [5.41, 5.74) is 4.08. The number of rotatable bonds is 1. The summed E-state index contributed by atoms with van der Waals surface area (Å²) in [6.07, 6.45) is 1.86. The molecule has 0 bridgehead atoms. The largest absolute Gasteiger partial charge is 0.329 e. The first-order chi connectivity index (χ1) is 11.4. The molecule has 1 aromatic carbocycles. The van der Waals surface area contributed by atoms with Crippen LogP contribution in [0.5, 0.6) is 0 Å². The molecular formula is C17H17N5O2. The van der Waals surface area contributed by atoms with Crippen molar-refractivity contribution in [2.75, 3.05) is 0 Å². The van der Waals surface area contributed by atoms with E-state index >= 15 is 0 Å². The van der Waals surface area contributed by atoms with Crippen LogP contribution in [-0.2, 0) is 7.05 Å². The first-order valence-corrected chi connectivity index (χ1v) is 7.65. The number of aromatic amines is 1. The Hall–Kier alpha value is -3.09. The summed E-state index contributed by atoms with van der Waals surface area (Å²) in [6.45, 7) is 6.06. The molecule has 0 saturated carbocycles. The van der Waals surface area contributed by atoms with Crippen LogP contribution in [0.15, 0.2) is 34.0 Å². The minimum Gasteiger partial charge on any atom is -0.283 e. The van der Waals surface area contributed by atoms with Gasteiger partial charge < -0.3 is 0 Å². The van der Waals surface area contributed by atoms with E-state index in [4.69, 9.17) is 0 Å². The van der Waals surface area contributed by atoms with Crippen LogP contribution in [0.2, 0.25) is 0 Å². The molecule has 3 aromatic heterocycles. The van der Waals surface area contributed by atoms with Gasteiger partial charge in [-0.2, -0.15) is 4.98 Å². The highest BCUT2D eigenvalue weighted by Crippen LogP contribution is 2.22. The number of fused-ring (bicyclic) bond motifs is 3. The lowest BCUT2D eigenvalue weighted by atomic mass is 10.1. The van der Waals surface area contributed by atoms with Crippen molar-refractivity contribution in [1.82, 2.24) is 23.5 Å². The van der Waals surface area contributed by atoms with Crippen molar-refractivity contribution in [3.8, 4) is 5.69 Å². The molecule has 122 valence electrons. The van der Waals surface area contributed by atoms with Gasteiger partial charge in [0.15, 0.2) is 11.2 Å². The van der Waals surface area contributed by atoms with Gasteiger partial charge in [-0.05, 0) is 44.0 Å². The second-order valence-corrected chi connectivity index (χ2v) is 6.22. The van der Waals surface area contributed by atoms with E-state index in [1.54, 1.807) is 11.4 Å². The fourth-order valence-corrected chi connectivity index (χ4v) is 3.27. The maximum Gasteiger partial charge on any atom is 0.329 e. The van der Waals surface area contributed by atoms with Gasteiger partial charge in [-0.1, -0.05) is 6.07 Å². The third-order valence-electron chi connectivity index (χ3n) is 4.27. The number of imidazole rings is 2. The second-order valence-electron chi connectivity index (χ2n) is 6.22. The summed E-state index contributed by atoms with van der Waals surface area (Å²) in [4.78, 5) is 31.0. The summed E-state index contributed by atoms with van der Waals surface area (Å²) in [6, 6.07) is 6.25. The normalized spacial score (nSPS) is 11.7. The maximum atomic E-state index is 12.3. The number of aryl methyl sites for hydroxylation is 4. The molecule has 4 rings (SSSR count). The van der Waals surface area contributed by atoms with Crippen LogP contribution in [0.4, 0.5) is 0 Å². The lowest BCUT2D eigenvalue weighted by molar-refractivity contribution is 0.831. The van der Waals surface area contributed by atoms with Crippen LogP contribution in [0.25, 0.3) is 22.6 Å². The SMILES string of the molecule is Cc1cc(C)cc(-n2c(C)cn3c4c(=O)[nH]c(=O)n(C)c4nc23)c1. The van der Waals surface area contributed by atoms with Gasteiger partial charge >= 0.3 is 5.69 Å². The summed E-state index contributed by atoms with van der Waals surface area (Å²) < 4.78 is 5.08. The number of hydrogen-bond acceptors (Lipinski definition) is 3. The molecule has 7 heteroatoms. The van der Waals surface area contributed by atoms with E-state index in [2.05, 4.69) is 28.2 Å². The van der Waals surface area contributed by atoms with Crippen LogP contribution in [0.1, 0.15) is 16.8 Å². The Morgan fingerprint density at radius 2 is 1.71 bits per heavy atom. The number of aromatic nitrogens is 5. The van der Waals surface area contributed by atoms with E-state index in [0.717, 1.165) is 22.5 Å². The minimum absolute atomic E-state index is 0.372. The summed E-state index contributed by atoms with van der Waals surface area (Å²) in [5, 5.41) is 0. The Balaban J connectivity index is 2.18. The highest BCUT2D eigenvalue weighted by Gasteiger charge is 2.18. The fraction of sp³-hybridized carbons (Fsp3) is 0.235. The first-order valence-electron chi connectivity index (χ1n) is 7.65. The topological polar surface area (TPSA) is 77.1 Å². The van der Waals surface area contributed by atoms with Gasteiger partial charge in [-0.15, -0.1) is 0 Å². The third-order valence-corrected chi connectivity index (χ3v) is 4.27. The zero-order chi connectivity index (χ0) is 17.2. The fourth-order valence-electron chi connectivity index (χ4n) is 3.27. The number of H-pyrrole nitrogens is 1. The molecule has 4 aromatic rings. The zero-order valence-electron chi connectivity index (χ0n) is 13.9. The molecule has 0 aliphatic rings. The van der Waals surface area contributed by atoms with Crippen LogP contribution in [0, 0.1) is 20.8 Å². The molecule has 1 N–H and O–H groups in total. The van der Waals surface area contributed by atoms with E-state index in [1.165, 1.54) is 4.57 Å². The van der Waals surface area contributed by atoms with Gasteiger partial charge in [-0.25, -0.2) is 4.79 Å². The molecule has 7 nitrogen and oxygen atoms in total. The standard InChI is InChI=1S/C17H17N5O2/c1-9-5-10(2)7-12(6-9)22-11(3)8-21-13-14(18-16(21)22)20(4)17(24)19-15(13)23/h5-8H,1-4H3,(H,19,23,24). The first kappa shape index (κ1) is 14.5. The van der Waals surface area contributed by atoms with E-state index in [9.17, 15) is 9.59 Å². The maximum absolute atomic E-state index is 12.3. The van der Waals surface area contributed by atoms with Crippen LogP contribution >= 0.6 is 0 Å². The van der Waals surface area contributed by atoms with Crippen molar-refractivity contribution in [1.29, 1.82) is 0 Å². The minimum atomic E-state index is -0.470. The molecule has 24 heavy (non-hydrogen) atoms. The molecule has 0 unspecified atom stereocenters. The van der Waals surface area contributed by atoms with Gasteiger partial charge in [0.25, 0.3) is 5.56 Å². The Morgan fingerprint density at radius 3 is 2.38 bits per heavy atom. The Morgan fingerprint density at radius 1 is 1.04 bits per heavy atom. The number of nitrogens with one attached hydrogen (secondary N) is 1. The highest BCUT2D eigenvalue weighted by atomic mass is 16.2. The predicted octanol–water partition coefficient (Wildman–Crippen LogP) is 1.59. The van der Waals surface area contributed by atoms with Crippen LogP contribution in [0.3, 0.4) is 0 Å². The number of nitrogens with zero attached hydrogens (tertiary/aromatic N) is 4. The van der Waals surface area contributed by atoms with E-state index in [-0.39, 0.29) is 0 Å². The number of hydrogen-bond donors (Lipinski definition) is 1. The molecule has 0 aliphatic heterocycles. The van der Waals surface area contributed by atoms with Gasteiger partial charge in [0, 0.05) is 24.6 Å². The van der Waals surface area contributed by atoms with E-state index < -0.39 is 11.2 Å². The van der Waals surface area contributed by atoms with Crippen molar-refractivity contribution in [2.24, 2.45) is 7.05 Å². The molecule has 0 atom stereocenters. The second kappa shape index (κ2) is 4.70. The van der Waals surface area contributed by atoms with Gasteiger partial charge in [0.05, 0.1) is 0 Å². The van der Waals surface area contributed by atoms with E-state index in [0.29, 0.717) is 16.9 Å². The molecule has 0 fully saturated rings. The Kier molecular flexibility index (Phi) is 2.84. The van der Waals surface area contributed by atoms with Gasteiger partial charge in [-0.3, -0.25) is 23.3 Å². The monoisotopic (exact) mass is 323 g/mol. The third kappa shape index (κ3) is 1.87. The van der Waals surface area contributed by atoms with Crippen LogP contribution < -0.4 is 11.2 Å². The quantitative estimate of drug-likeness (QED) is 0.578. The molecule has 0 saturated heterocycles. The molecule has 0 spiro atoms. The average Bonchev–Trinajstić information content (AvgIpc) is 2.98. The molecule has 0 radical (unpaired) electrons. The van der Waals surface area contributed by atoms with Crippen molar-refractivity contribution >= 4 is 16.9 Å². The Labute approximate surface area is 136 Å². The van der Waals surface area contributed by atoms with Crippen molar-refractivity contribution in [3.05, 3.63) is 62.1 Å². The van der Waals surface area contributed by atoms with Crippen molar-refractivity contribution < 1.29 is 0 Å². The average molecular weight is 323 g/mol. The smallest absolute Gasteiger partial charge is 0.283 e. The highest BCUT2D eigenvalue weighted by molar-refractivity contribution is 5.76. The summed E-state index contributed by atoms with van der Waals surface area (Å²) in [5.74, 6) is 0.610. The Bertz CT molecular complexity index is 1220. The molecule has 0 amide bonds. The van der Waals surface area contributed by atoms with E-state index in [1.807, 2.05) is 31.5 Å².